The van der Waals surface area contributed by atoms with E-state index in [1.165, 1.54) is 12.5 Å². The lowest BCUT2D eigenvalue weighted by molar-refractivity contribution is -0.142. The molecular formula is C18H25NO4S. The molecular weight excluding hydrogens is 326 g/mol. The molecule has 132 valence electrons. The van der Waals surface area contributed by atoms with E-state index in [2.05, 4.69) is 0 Å². The van der Waals surface area contributed by atoms with Crippen LogP contribution in [0.3, 0.4) is 0 Å². The number of sulfone groups is 1. The monoisotopic (exact) mass is 351 g/mol. The number of likely N-dealkylation sites (tertiary alicyclic amines) is 1. The fraction of sp³-hybridized carbons (Fsp3) is 0.500. The van der Waals surface area contributed by atoms with Crippen molar-refractivity contribution in [2.45, 2.75) is 50.5 Å². The highest BCUT2D eigenvalue weighted by molar-refractivity contribution is 7.94. The van der Waals surface area contributed by atoms with Gasteiger partial charge >= 0.3 is 5.97 Å². The van der Waals surface area contributed by atoms with E-state index in [1.54, 1.807) is 31.2 Å². The summed E-state index contributed by atoms with van der Waals surface area (Å²) in [6.45, 7) is 4.47. The Morgan fingerprint density at radius 1 is 1.29 bits per heavy atom. The first-order valence-electron chi connectivity index (χ1n) is 8.17. The van der Waals surface area contributed by atoms with Crippen LogP contribution in [0, 0.1) is 6.92 Å². The van der Waals surface area contributed by atoms with Crippen molar-refractivity contribution in [3.63, 3.8) is 0 Å². The lowest BCUT2D eigenvalue weighted by Crippen LogP contribution is -2.39. The fourth-order valence-electron chi connectivity index (χ4n) is 3.04. The number of benzene rings is 1. The van der Waals surface area contributed by atoms with Gasteiger partial charge in [0.25, 0.3) is 0 Å². The van der Waals surface area contributed by atoms with Crippen LogP contribution in [0.1, 0.15) is 38.2 Å². The summed E-state index contributed by atoms with van der Waals surface area (Å²) in [5.74, 6) is -0.263. The maximum atomic E-state index is 12.6. The van der Waals surface area contributed by atoms with Crippen LogP contribution in [0.4, 0.5) is 0 Å². The van der Waals surface area contributed by atoms with Gasteiger partial charge in [-0.05, 0) is 45.2 Å². The van der Waals surface area contributed by atoms with Gasteiger partial charge < -0.3 is 9.64 Å². The van der Waals surface area contributed by atoms with Gasteiger partial charge in [-0.15, -0.1) is 0 Å². The van der Waals surface area contributed by atoms with Gasteiger partial charge in [0.05, 0.1) is 23.8 Å². The Balaban J connectivity index is 2.23. The maximum absolute atomic E-state index is 12.6. The Bertz CT molecular complexity index is 707. The van der Waals surface area contributed by atoms with Crippen molar-refractivity contribution >= 4 is 15.8 Å². The zero-order valence-electron chi connectivity index (χ0n) is 14.5. The molecule has 1 aliphatic rings. The van der Waals surface area contributed by atoms with E-state index in [4.69, 9.17) is 4.74 Å². The molecule has 0 unspecified atom stereocenters. The Labute approximate surface area is 144 Å². The molecule has 1 atom stereocenters. The SMILES string of the molecule is COC(=O)C[C@H]1CCCCN1/C(C)=C/S(=O)(=O)c1ccc(C)cc1. The van der Waals surface area contributed by atoms with Gasteiger partial charge in [0.2, 0.25) is 9.84 Å². The Morgan fingerprint density at radius 2 is 1.96 bits per heavy atom. The van der Waals surface area contributed by atoms with E-state index in [9.17, 15) is 13.2 Å². The summed E-state index contributed by atoms with van der Waals surface area (Å²) in [4.78, 5) is 13.9. The number of carbonyl (C=O) groups is 1. The molecule has 1 aromatic rings. The molecule has 1 fully saturated rings. The number of carbonyl (C=O) groups excluding carboxylic acids is 1. The molecule has 0 amide bonds. The molecule has 1 aromatic carbocycles. The summed E-state index contributed by atoms with van der Waals surface area (Å²) in [7, 11) is -2.13. The lowest BCUT2D eigenvalue weighted by atomic mass is 9.99. The summed E-state index contributed by atoms with van der Waals surface area (Å²) < 4.78 is 29.9. The van der Waals surface area contributed by atoms with Crippen LogP contribution in [0.2, 0.25) is 0 Å². The van der Waals surface area contributed by atoms with Gasteiger partial charge in [0.15, 0.2) is 0 Å². The van der Waals surface area contributed by atoms with Crippen molar-refractivity contribution in [2.75, 3.05) is 13.7 Å². The van der Waals surface area contributed by atoms with Crippen molar-refractivity contribution in [3.8, 4) is 0 Å². The largest absolute Gasteiger partial charge is 0.469 e. The molecule has 0 aromatic heterocycles. The van der Waals surface area contributed by atoms with Crippen LogP contribution in [0.15, 0.2) is 40.3 Å². The Hall–Kier alpha value is -1.82. The number of nitrogens with zero attached hydrogens (tertiary/aromatic N) is 1. The number of aryl methyl sites for hydroxylation is 1. The van der Waals surface area contributed by atoms with E-state index < -0.39 is 9.84 Å². The number of rotatable bonds is 5. The Kier molecular flexibility index (Phi) is 6.04. The summed E-state index contributed by atoms with van der Waals surface area (Å²) in [6, 6.07) is 6.82. The minimum absolute atomic E-state index is 0.00401. The van der Waals surface area contributed by atoms with Gasteiger partial charge in [-0.2, -0.15) is 0 Å². The first-order valence-corrected chi connectivity index (χ1v) is 9.71. The summed E-state index contributed by atoms with van der Waals surface area (Å²) in [6.07, 6.45) is 3.18. The third-order valence-corrected chi connectivity index (χ3v) is 5.97. The number of piperidine rings is 1. The maximum Gasteiger partial charge on any atom is 0.307 e. The van der Waals surface area contributed by atoms with E-state index in [0.717, 1.165) is 31.4 Å². The highest BCUT2D eigenvalue weighted by Crippen LogP contribution is 2.25. The zero-order chi connectivity index (χ0) is 17.7. The molecule has 0 aliphatic carbocycles. The van der Waals surface area contributed by atoms with Crippen molar-refractivity contribution in [1.29, 1.82) is 0 Å². The van der Waals surface area contributed by atoms with E-state index in [0.29, 0.717) is 5.70 Å². The second-order valence-electron chi connectivity index (χ2n) is 6.24. The number of ether oxygens (including phenoxy) is 1. The molecule has 1 saturated heterocycles. The lowest BCUT2D eigenvalue weighted by Gasteiger charge is -2.37. The topological polar surface area (TPSA) is 63.7 Å². The molecule has 0 radical (unpaired) electrons. The second-order valence-corrected chi connectivity index (χ2v) is 8.04. The van der Waals surface area contributed by atoms with Gasteiger partial charge in [-0.25, -0.2) is 8.42 Å². The molecule has 5 nitrogen and oxygen atoms in total. The van der Waals surface area contributed by atoms with Crippen molar-refractivity contribution in [3.05, 3.63) is 40.9 Å². The minimum atomic E-state index is -3.50. The quantitative estimate of drug-likeness (QED) is 0.763. The standard InChI is InChI=1S/C18H25NO4S/c1-14-7-9-17(10-8-14)24(21,22)13-15(2)19-11-5-4-6-16(19)12-18(20)23-3/h7-10,13,16H,4-6,11-12H2,1-3H3/b15-13+/t16-/m1/s1. The van der Waals surface area contributed by atoms with Gasteiger partial charge in [-0.1, -0.05) is 17.7 Å². The molecule has 1 heterocycles. The molecule has 1 aliphatic heterocycles. The third-order valence-electron chi connectivity index (χ3n) is 4.39. The summed E-state index contributed by atoms with van der Waals surface area (Å²) in [5, 5.41) is 1.31. The predicted molar refractivity (Wildman–Crippen MR) is 93.1 cm³/mol. The minimum Gasteiger partial charge on any atom is -0.469 e. The molecule has 0 bridgehead atoms. The molecule has 0 saturated carbocycles. The Morgan fingerprint density at radius 3 is 2.58 bits per heavy atom. The smallest absolute Gasteiger partial charge is 0.307 e. The highest BCUT2D eigenvalue weighted by Gasteiger charge is 2.26. The summed E-state index contributed by atoms with van der Waals surface area (Å²) in [5.41, 5.74) is 1.69. The number of hydrogen-bond acceptors (Lipinski definition) is 5. The average molecular weight is 351 g/mol. The van der Waals surface area contributed by atoms with E-state index in [-0.39, 0.29) is 23.3 Å². The van der Waals surface area contributed by atoms with Crippen LogP contribution in [-0.2, 0) is 19.4 Å². The number of methoxy groups -OCH3 is 1. The van der Waals surface area contributed by atoms with Gasteiger partial charge in [0, 0.05) is 18.3 Å². The van der Waals surface area contributed by atoms with Gasteiger partial charge in [-0.3, -0.25) is 4.79 Å². The van der Waals surface area contributed by atoms with Crippen molar-refractivity contribution in [2.24, 2.45) is 0 Å². The molecule has 24 heavy (non-hydrogen) atoms. The predicted octanol–water partition coefficient (Wildman–Crippen LogP) is 3.05. The third kappa shape index (κ3) is 4.60. The van der Waals surface area contributed by atoms with Crippen LogP contribution in [-0.4, -0.2) is 39.0 Å². The molecule has 2 rings (SSSR count). The van der Waals surface area contributed by atoms with Crippen LogP contribution < -0.4 is 0 Å². The normalized spacial score (nSPS) is 19.2. The first-order chi connectivity index (χ1) is 11.3. The van der Waals surface area contributed by atoms with Gasteiger partial charge in [0.1, 0.15) is 0 Å². The molecule has 0 N–H and O–H groups in total. The fourth-order valence-corrected chi connectivity index (χ4v) is 4.28. The van der Waals surface area contributed by atoms with Crippen molar-refractivity contribution < 1.29 is 17.9 Å². The second kappa shape index (κ2) is 7.83. The highest BCUT2D eigenvalue weighted by atomic mass is 32.2. The number of esters is 1. The van der Waals surface area contributed by atoms with E-state index >= 15 is 0 Å². The van der Waals surface area contributed by atoms with E-state index in [1.807, 2.05) is 11.8 Å². The van der Waals surface area contributed by atoms with Crippen LogP contribution in [0.5, 0.6) is 0 Å². The number of hydrogen-bond donors (Lipinski definition) is 0. The molecule has 6 heteroatoms. The molecule has 0 spiro atoms. The van der Waals surface area contributed by atoms with Crippen LogP contribution in [0.25, 0.3) is 0 Å². The first kappa shape index (κ1) is 18.5. The summed E-state index contributed by atoms with van der Waals surface area (Å²) >= 11 is 0. The zero-order valence-corrected chi connectivity index (χ0v) is 15.3. The average Bonchev–Trinajstić information content (AvgIpc) is 2.55. The number of allylic oxidation sites excluding steroid dienone is 1. The van der Waals surface area contributed by atoms with Crippen molar-refractivity contribution in [1.82, 2.24) is 4.90 Å². The van der Waals surface area contributed by atoms with Crippen LogP contribution >= 0.6 is 0 Å².